The van der Waals surface area contributed by atoms with Crippen LogP contribution < -0.4 is 9.47 Å². The minimum absolute atomic E-state index is 0.00155. The van der Waals surface area contributed by atoms with Crippen LogP contribution in [-0.2, 0) is 6.42 Å². The van der Waals surface area contributed by atoms with Crippen molar-refractivity contribution < 1.29 is 19.4 Å². The summed E-state index contributed by atoms with van der Waals surface area (Å²) in [5.41, 5.74) is 1.46. The Balaban J connectivity index is 1.77. The van der Waals surface area contributed by atoms with Gasteiger partial charge in [0, 0.05) is 12.0 Å². The van der Waals surface area contributed by atoms with E-state index in [0.29, 0.717) is 30.9 Å². The van der Waals surface area contributed by atoms with E-state index in [1.165, 1.54) is 12.1 Å². The Bertz CT molecular complexity index is 631. The highest BCUT2D eigenvalue weighted by molar-refractivity contribution is 5.97. The monoisotopic (exact) mass is 270 g/mol. The molecule has 2 aromatic carbocycles. The average molecular weight is 270 g/mol. The van der Waals surface area contributed by atoms with Crippen LogP contribution in [0.4, 0.5) is 0 Å². The third kappa shape index (κ3) is 2.59. The van der Waals surface area contributed by atoms with Gasteiger partial charge in [-0.1, -0.05) is 6.07 Å². The van der Waals surface area contributed by atoms with Gasteiger partial charge < -0.3 is 14.6 Å². The van der Waals surface area contributed by atoms with Crippen LogP contribution in [0.25, 0.3) is 0 Å². The van der Waals surface area contributed by atoms with E-state index in [0.717, 1.165) is 11.3 Å². The van der Waals surface area contributed by atoms with Gasteiger partial charge >= 0.3 is 0 Å². The molecule has 0 spiro atoms. The smallest absolute Gasteiger partial charge is 0.167 e. The lowest BCUT2D eigenvalue weighted by molar-refractivity contribution is 0.0992. The summed E-state index contributed by atoms with van der Waals surface area (Å²) in [5, 5.41) is 9.22. The van der Waals surface area contributed by atoms with Crippen molar-refractivity contribution >= 4 is 5.78 Å². The third-order valence-electron chi connectivity index (χ3n) is 3.16. The van der Waals surface area contributed by atoms with E-state index in [4.69, 9.17) is 9.47 Å². The molecule has 2 aromatic rings. The van der Waals surface area contributed by atoms with Crippen molar-refractivity contribution in [2.45, 2.75) is 6.42 Å². The van der Waals surface area contributed by atoms with E-state index in [9.17, 15) is 9.90 Å². The molecule has 1 heterocycles. The van der Waals surface area contributed by atoms with Gasteiger partial charge in [-0.25, -0.2) is 0 Å². The van der Waals surface area contributed by atoms with Crippen LogP contribution in [0.5, 0.6) is 17.2 Å². The number of Topliss-reactive ketones (excluding diaryl/α,β-unsaturated/α-hetero) is 1. The lowest BCUT2D eigenvalue weighted by atomic mass is 10.0. The van der Waals surface area contributed by atoms with Crippen LogP contribution in [0.1, 0.15) is 15.9 Å². The molecule has 0 fully saturated rings. The van der Waals surface area contributed by atoms with Crippen LogP contribution in [0, 0.1) is 0 Å². The summed E-state index contributed by atoms with van der Waals surface area (Å²) in [6, 6.07) is 11.8. The van der Waals surface area contributed by atoms with E-state index in [2.05, 4.69) is 0 Å². The largest absolute Gasteiger partial charge is 0.508 e. The molecule has 1 aliphatic rings. The van der Waals surface area contributed by atoms with Crippen molar-refractivity contribution in [2.75, 3.05) is 13.2 Å². The van der Waals surface area contributed by atoms with E-state index in [-0.39, 0.29) is 11.5 Å². The number of benzene rings is 2. The van der Waals surface area contributed by atoms with Crippen molar-refractivity contribution in [1.29, 1.82) is 0 Å². The third-order valence-corrected chi connectivity index (χ3v) is 3.16. The van der Waals surface area contributed by atoms with Gasteiger partial charge in [-0.15, -0.1) is 0 Å². The molecule has 0 saturated heterocycles. The van der Waals surface area contributed by atoms with Crippen LogP contribution in [0.15, 0.2) is 42.5 Å². The molecule has 1 N–H and O–H groups in total. The molecule has 0 radical (unpaired) electrons. The van der Waals surface area contributed by atoms with Gasteiger partial charge in [0.25, 0.3) is 0 Å². The first-order valence-electron chi connectivity index (χ1n) is 6.43. The molecule has 0 unspecified atom stereocenters. The lowest BCUT2D eigenvalue weighted by Crippen LogP contribution is -2.15. The fourth-order valence-corrected chi connectivity index (χ4v) is 2.13. The second kappa shape index (κ2) is 5.25. The number of carbonyl (C=O) groups excluding carboxylic acids is 1. The number of hydrogen-bond acceptors (Lipinski definition) is 4. The fraction of sp³-hybridized carbons (Fsp3) is 0.188. The van der Waals surface area contributed by atoms with Crippen molar-refractivity contribution in [3.05, 3.63) is 53.6 Å². The van der Waals surface area contributed by atoms with Crippen LogP contribution in [0.3, 0.4) is 0 Å². The zero-order chi connectivity index (χ0) is 13.9. The maximum Gasteiger partial charge on any atom is 0.167 e. The fourth-order valence-electron chi connectivity index (χ4n) is 2.13. The number of aromatic hydroxyl groups is 1. The SMILES string of the molecule is O=C(Cc1ccc2c(c1)OCCO2)c1ccc(O)cc1. The standard InChI is InChI=1S/C16H14O4/c17-13-4-2-12(3-5-13)14(18)9-11-1-6-15-16(10-11)20-8-7-19-15/h1-6,10,17H,7-9H2. The van der Waals surface area contributed by atoms with Gasteiger partial charge in [-0.2, -0.15) is 0 Å². The average Bonchev–Trinajstić information content (AvgIpc) is 2.48. The van der Waals surface area contributed by atoms with Gasteiger partial charge in [-0.3, -0.25) is 4.79 Å². The van der Waals surface area contributed by atoms with E-state index < -0.39 is 0 Å². The predicted octanol–water partition coefficient (Wildman–Crippen LogP) is 2.59. The van der Waals surface area contributed by atoms with Gasteiger partial charge in [0.05, 0.1) is 0 Å². The minimum Gasteiger partial charge on any atom is -0.508 e. The Hall–Kier alpha value is -2.49. The molecule has 0 atom stereocenters. The number of hydrogen-bond donors (Lipinski definition) is 1. The predicted molar refractivity (Wildman–Crippen MR) is 73.6 cm³/mol. The highest BCUT2D eigenvalue weighted by Crippen LogP contribution is 2.31. The molecular weight excluding hydrogens is 256 g/mol. The minimum atomic E-state index is 0.00155. The number of ketones is 1. The maximum absolute atomic E-state index is 12.1. The molecule has 0 aliphatic carbocycles. The summed E-state index contributed by atoms with van der Waals surface area (Å²) in [4.78, 5) is 12.1. The Morgan fingerprint density at radius 2 is 1.70 bits per heavy atom. The lowest BCUT2D eigenvalue weighted by Gasteiger charge is -2.18. The van der Waals surface area contributed by atoms with Crippen LogP contribution in [-0.4, -0.2) is 24.1 Å². The zero-order valence-electron chi connectivity index (χ0n) is 10.8. The second-order valence-corrected chi connectivity index (χ2v) is 4.62. The molecule has 0 saturated carbocycles. The maximum atomic E-state index is 12.1. The molecule has 0 bridgehead atoms. The van der Waals surface area contributed by atoms with Crippen LogP contribution >= 0.6 is 0 Å². The summed E-state index contributed by atoms with van der Waals surface area (Å²) < 4.78 is 10.9. The molecule has 0 aromatic heterocycles. The Morgan fingerprint density at radius 1 is 1.00 bits per heavy atom. The van der Waals surface area contributed by atoms with Gasteiger partial charge in [-0.05, 0) is 42.0 Å². The molecule has 1 aliphatic heterocycles. The Kier molecular flexibility index (Phi) is 3.29. The summed E-state index contributed by atoms with van der Waals surface area (Å²) in [6.45, 7) is 1.08. The topological polar surface area (TPSA) is 55.8 Å². The van der Waals surface area contributed by atoms with Crippen LogP contribution in [0.2, 0.25) is 0 Å². The molecule has 102 valence electrons. The van der Waals surface area contributed by atoms with E-state index in [1.54, 1.807) is 12.1 Å². The van der Waals surface area contributed by atoms with Gasteiger partial charge in [0.1, 0.15) is 19.0 Å². The number of rotatable bonds is 3. The van der Waals surface area contributed by atoms with Crippen molar-refractivity contribution in [1.82, 2.24) is 0 Å². The number of phenols is 1. The molecule has 0 amide bonds. The number of fused-ring (bicyclic) bond motifs is 1. The van der Waals surface area contributed by atoms with E-state index >= 15 is 0 Å². The number of ether oxygens (including phenoxy) is 2. The van der Waals surface area contributed by atoms with Gasteiger partial charge in [0.2, 0.25) is 0 Å². The quantitative estimate of drug-likeness (QED) is 0.871. The first-order chi connectivity index (χ1) is 9.72. The molecule has 20 heavy (non-hydrogen) atoms. The van der Waals surface area contributed by atoms with Crippen molar-refractivity contribution in [3.63, 3.8) is 0 Å². The highest BCUT2D eigenvalue weighted by Gasteiger charge is 2.13. The zero-order valence-corrected chi connectivity index (χ0v) is 10.8. The molecule has 4 heteroatoms. The summed E-state index contributed by atoms with van der Waals surface area (Å²) in [7, 11) is 0. The molecular formula is C16H14O4. The van der Waals surface area contributed by atoms with E-state index in [1.807, 2.05) is 18.2 Å². The molecule has 3 rings (SSSR count). The van der Waals surface area contributed by atoms with Crippen molar-refractivity contribution in [2.24, 2.45) is 0 Å². The summed E-state index contributed by atoms with van der Waals surface area (Å²) in [6.07, 6.45) is 0.293. The number of phenolic OH excluding ortho intramolecular Hbond substituents is 1. The second-order valence-electron chi connectivity index (χ2n) is 4.62. The first-order valence-corrected chi connectivity index (χ1v) is 6.43. The Morgan fingerprint density at radius 3 is 2.45 bits per heavy atom. The van der Waals surface area contributed by atoms with Gasteiger partial charge in [0.15, 0.2) is 17.3 Å². The van der Waals surface area contributed by atoms with Crippen molar-refractivity contribution in [3.8, 4) is 17.2 Å². The Labute approximate surface area is 116 Å². The highest BCUT2D eigenvalue weighted by atomic mass is 16.6. The normalized spacial score (nSPS) is 13.0. The summed E-state index contributed by atoms with van der Waals surface area (Å²) >= 11 is 0. The summed E-state index contributed by atoms with van der Waals surface area (Å²) in [5.74, 6) is 1.56. The first kappa shape index (κ1) is 12.5. The molecule has 4 nitrogen and oxygen atoms in total. The number of carbonyl (C=O) groups is 1.